The van der Waals surface area contributed by atoms with Crippen molar-refractivity contribution < 1.29 is 14.2 Å². The van der Waals surface area contributed by atoms with Gasteiger partial charge in [0.1, 0.15) is 5.82 Å². The van der Waals surface area contributed by atoms with Crippen LogP contribution in [0.5, 0.6) is 0 Å². The Balaban J connectivity index is 1.45. The fraction of sp³-hybridized carbons (Fsp3) is 0.478. The Labute approximate surface area is 193 Å². The van der Waals surface area contributed by atoms with E-state index in [1.54, 1.807) is 0 Å². The summed E-state index contributed by atoms with van der Waals surface area (Å²) in [5.41, 5.74) is 8.93. The number of fused-ring (bicyclic) bond motifs is 1. The molecule has 1 saturated heterocycles. The van der Waals surface area contributed by atoms with E-state index in [0.29, 0.717) is 24.1 Å². The predicted octanol–water partition coefficient (Wildman–Crippen LogP) is 3.02. The van der Waals surface area contributed by atoms with Gasteiger partial charge >= 0.3 is 0 Å². The Morgan fingerprint density at radius 2 is 2.12 bits per heavy atom. The quantitative estimate of drug-likeness (QED) is 0.365. The van der Waals surface area contributed by atoms with Gasteiger partial charge in [0.05, 0.1) is 30.1 Å². The summed E-state index contributed by atoms with van der Waals surface area (Å²) in [5, 5.41) is 18.2. The van der Waals surface area contributed by atoms with Gasteiger partial charge in [-0.1, -0.05) is 11.6 Å². The van der Waals surface area contributed by atoms with Gasteiger partial charge in [0.15, 0.2) is 5.88 Å². The monoisotopic (exact) mass is 463 g/mol. The van der Waals surface area contributed by atoms with Gasteiger partial charge in [-0.2, -0.15) is 0 Å². The number of anilines is 1. The van der Waals surface area contributed by atoms with Crippen molar-refractivity contribution in [2.75, 3.05) is 51.7 Å². The molecule has 1 fully saturated rings. The lowest BCUT2D eigenvalue weighted by atomic mass is 9.91. The normalized spacial score (nSPS) is 21.7. The van der Waals surface area contributed by atoms with Crippen molar-refractivity contribution in [3.8, 4) is 0 Å². The highest BCUT2D eigenvalue weighted by Crippen LogP contribution is 2.41. The molecule has 32 heavy (non-hydrogen) atoms. The van der Waals surface area contributed by atoms with Crippen LogP contribution >= 0.6 is 11.6 Å². The Morgan fingerprint density at radius 3 is 2.88 bits per heavy atom. The molecular weight excluding hydrogens is 433 g/mol. The molecule has 0 saturated carbocycles. The molecule has 1 aromatic carbocycles. The van der Waals surface area contributed by atoms with Crippen molar-refractivity contribution in [3.05, 3.63) is 58.0 Å². The van der Waals surface area contributed by atoms with Gasteiger partial charge < -0.3 is 25.8 Å². The average molecular weight is 464 g/mol. The van der Waals surface area contributed by atoms with Crippen molar-refractivity contribution in [3.63, 3.8) is 0 Å². The SMILES string of the molecule is CCN1C2=CC(NCCCN3CCOCC3)NC=C2CC(c2cc(N)c(F)cc2Cl)=C1O. The second-order valence-electron chi connectivity index (χ2n) is 8.20. The second kappa shape index (κ2) is 10.1. The third-order valence-electron chi connectivity index (χ3n) is 6.12. The molecule has 7 nitrogen and oxygen atoms in total. The molecule has 1 atom stereocenters. The Kier molecular flexibility index (Phi) is 7.25. The summed E-state index contributed by atoms with van der Waals surface area (Å²) in [4.78, 5) is 4.28. The standard InChI is InChI=1S/C23H31ClFN5O2/c1-2-30-21-13-22(27-4-3-5-29-6-8-32-9-7-29)28-14-15(21)10-17(23(30)31)16-11-20(26)19(25)12-18(16)24/h11-14,22,27-28,31H,2-10,26H2,1H3. The predicted molar refractivity (Wildman–Crippen MR) is 125 cm³/mol. The van der Waals surface area contributed by atoms with E-state index < -0.39 is 5.82 Å². The van der Waals surface area contributed by atoms with Gasteiger partial charge in [-0.15, -0.1) is 0 Å². The lowest BCUT2D eigenvalue weighted by molar-refractivity contribution is 0.0374. The molecule has 3 heterocycles. The summed E-state index contributed by atoms with van der Waals surface area (Å²) in [6.45, 7) is 8.13. The van der Waals surface area contributed by atoms with Crippen molar-refractivity contribution in [2.24, 2.45) is 0 Å². The number of allylic oxidation sites excluding steroid dienone is 2. The maximum atomic E-state index is 13.8. The molecule has 1 unspecified atom stereocenters. The molecule has 1 aromatic rings. The maximum Gasteiger partial charge on any atom is 0.195 e. The van der Waals surface area contributed by atoms with Gasteiger partial charge in [-0.05, 0) is 50.2 Å². The van der Waals surface area contributed by atoms with E-state index >= 15 is 0 Å². The minimum atomic E-state index is -0.566. The summed E-state index contributed by atoms with van der Waals surface area (Å²) in [5.74, 6) is -0.444. The smallest absolute Gasteiger partial charge is 0.195 e. The van der Waals surface area contributed by atoms with E-state index in [2.05, 4.69) is 21.6 Å². The lowest BCUT2D eigenvalue weighted by Gasteiger charge is -2.37. The average Bonchev–Trinajstić information content (AvgIpc) is 2.80. The molecular formula is C23H31ClFN5O2. The highest BCUT2D eigenvalue weighted by molar-refractivity contribution is 6.32. The van der Waals surface area contributed by atoms with E-state index in [9.17, 15) is 9.50 Å². The number of nitrogens with two attached hydrogens (primary N) is 1. The van der Waals surface area contributed by atoms with Gasteiger partial charge in [0.2, 0.25) is 0 Å². The number of likely N-dealkylation sites (N-methyl/N-ethyl adjacent to an activating group) is 1. The van der Waals surface area contributed by atoms with Crippen LogP contribution in [0.15, 0.2) is 41.6 Å². The molecule has 3 aliphatic rings. The molecule has 174 valence electrons. The fourth-order valence-electron chi connectivity index (χ4n) is 4.36. The zero-order valence-corrected chi connectivity index (χ0v) is 19.1. The molecule has 0 bridgehead atoms. The topological polar surface area (TPSA) is 86.0 Å². The van der Waals surface area contributed by atoms with Crippen molar-refractivity contribution >= 4 is 22.9 Å². The van der Waals surface area contributed by atoms with Crippen LogP contribution in [0.4, 0.5) is 10.1 Å². The zero-order chi connectivity index (χ0) is 22.7. The van der Waals surface area contributed by atoms with Crippen molar-refractivity contribution in [1.29, 1.82) is 0 Å². The number of benzene rings is 1. The lowest BCUT2D eigenvalue weighted by Crippen LogP contribution is -2.44. The fourth-order valence-corrected chi connectivity index (χ4v) is 4.63. The number of aliphatic hydroxyl groups is 1. The minimum Gasteiger partial charge on any atom is -0.494 e. The van der Waals surface area contributed by atoms with Crippen molar-refractivity contribution in [2.45, 2.75) is 25.9 Å². The molecule has 0 spiro atoms. The van der Waals surface area contributed by atoms with Crippen molar-refractivity contribution in [1.82, 2.24) is 20.4 Å². The number of nitrogens with one attached hydrogen (secondary N) is 2. The van der Waals surface area contributed by atoms with Gasteiger partial charge in [-0.3, -0.25) is 10.2 Å². The number of aliphatic hydroxyl groups excluding tert-OH is 1. The molecule has 0 aliphatic carbocycles. The number of nitrogens with zero attached hydrogens (tertiary/aromatic N) is 2. The molecule has 4 rings (SSSR count). The molecule has 0 radical (unpaired) electrons. The van der Waals surface area contributed by atoms with Crippen LogP contribution in [-0.2, 0) is 4.74 Å². The Hall–Kier alpha value is -2.26. The first-order valence-electron chi connectivity index (χ1n) is 11.1. The van der Waals surface area contributed by atoms with Crippen LogP contribution in [0.3, 0.4) is 0 Å². The third-order valence-corrected chi connectivity index (χ3v) is 6.43. The summed E-state index contributed by atoms with van der Waals surface area (Å²) < 4.78 is 19.2. The molecule has 0 aromatic heterocycles. The van der Waals surface area contributed by atoms with Gasteiger partial charge in [-0.25, -0.2) is 4.39 Å². The Morgan fingerprint density at radius 1 is 1.34 bits per heavy atom. The summed E-state index contributed by atoms with van der Waals surface area (Å²) in [6.07, 6.45) is 5.57. The van der Waals surface area contributed by atoms with Gasteiger partial charge in [0.25, 0.3) is 0 Å². The number of halogens is 2. The highest BCUT2D eigenvalue weighted by Gasteiger charge is 2.31. The first kappa shape index (κ1) is 22.9. The number of morpholine rings is 1. The molecule has 5 N–H and O–H groups in total. The number of hydrogen-bond acceptors (Lipinski definition) is 7. The number of ether oxygens (including phenoxy) is 1. The van der Waals surface area contributed by atoms with E-state index in [0.717, 1.165) is 57.1 Å². The number of dihydropyridines is 1. The van der Waals surface area contributed by atoms with Crippen LogP contribution in [-0.4, -0.2) is 67.0 Å². The summed E-state index contributed by atoms with van der Waals surface area (Å²) in [6, 6.07) is 2.68. The minimum absolute atomic E-state index is 0.00572. The zero-order valence-electron chi connectivity index (χ0n) is 18.3. The third kappa shape index (κ3) is 4.88. The number of nitrogen functional groups attached to an aromatic ring is 1. The summed E-state index contributed by atoms with van der Waals surface area (Å²) in [7, 11) is 0. The molecule has 0 amide bonds. The van der Waals surface area contributed by atoms with Crippen LogP contribution in [0.2, 0.25) is 5.02 Å². The first-order valence-corrected chi connectivity index (χ1v) is 11.5. The van der Waals surface area contributed by atoms with E-state index in [4.69, 9.17) is 22.1 Å². The molecule has 3 aliphatic heterocycles. The van der Waals surface area contributed by atoms with Crippen LogP contribution < -0.4 is 16.4 Å². The van der Waals surface area contributed by atoms with Gasteiger partial charge in [0, 0.05) is 49.1 Å². The second-order valence-corrected chi connectivity index (χ2v) is 8.61. The van der Waals surface area contributed by atoms with E-state index in [1.165, 1.54) is 12.1 Å². The molecule has 9 heteroatoms. The van der Waals surface area contributed by atoms with E-state index in [-0.39, 0.29) is 22.8 Å². The number of rotatable bonds is 7. The first-order chi connectivity index (χ1) is 15.5. The van der Waals surface area contributed by atoms with Crippen LogP contribution in [0.1, 0.15) is 25.3 Å². The maximum absolute atomic E-state index is 13.8. The van der Waals surface area contributed by atoms with E-state index in [1.807, 2.05) is 18.0 Å². The Bertz CT molecular complexity index is 943. The highest BCUT2D eigenvalue weighted by atomic mass is 35.5. The van der Waals surface area contributed by atoms with Crippen LogP contribution in [0, 0.1) is 5.82 Å². The largest absolute Gasteiger partial charge is 0.494 e. The van der Waals surface area contributed by atoms with Crippen LogP contribution in [0.25, 0.3) is 5.57 Å². The summed E-state index contributed by atoms with van der Waals surface area (Å²) >= 11 is 6.29. The number of hydrogen-bond donors (Lipinski definition) is 4.